The Hall–Kier alpha value is -1.92. The average Bonchev–Trinajstić information content (AvgIpc) is 2.52. The van der Waals surface area contributed by atoms with Crippen LogP contribution in [0.4, 0.5) is 10.1 Å². The molecule has 0 unspecified atom stereocenters. The highest BCUT2D eigenvalue weighted by atomic mass is 32.2. The number of para-hydroxylation sites is 1. The molecule has 6 heteroatoms. The second-order valence-corrected chi connectivity index (χ2v) is 7.46. The minimum atomic E-state index is -3.49. The van der Waals surface area contributed by atoms with E-state index >= 15 is 0 Å². The van der Waals surface area contributed by atoms with Crippen molar-refractivity contribution in [2.24, 2.45) is 0 Å². The minimum Gasteiger partial charge on any atom is -0.370 e. The molecule has 0 aliphatic rings. The molecule has 0 aliphatic heterocycles. The van der Waals surface area contributed by atoms with Gasteiger partial charge in [-0.1, -0.05) is 30.3 Å². The van der Waals surface area contributed by atoms with E-state index in [0.29, 0.717) is 18.7 Å². The number of aryl methyl sites for hydroxylation is 1. The summed E-state index contributed by atoms with van der Waals surface area (Å²) >= 11 is 0. The van der Waals surface area contributed by atoms with Crippen molar-refractivity contribution in [3.05, 3.63) is 65.5 Å². The minimum absolute atomic E-state index is 0.221. The molecule has 0 spiro atoms. The van der Waals surface area contributed by atoms with Gasteiger partial charge in [0.1, 0.15) is 5.82 Å². The summed E-state index contributed by atoms with van der Waals surface area (Å²) in [6.07, 6.45) is 0. The lowest BCUT2D eigenvalue weighted by Crippen LogP contribution is -2.35. The summed E-state index contributed by atoms with van der Waals surface area (Å²) in [5.74, 6) is -0.652. The Morgan fingerprint density at radius 1 is 1.12 bits per heavy atom. The van der Waals surface area contributed by atoms with E-state index in [-0.39, 0.29) is 5.75 Å². The highest BCUT2D eigenvalue weighted by molar-refractivity contribution is 7.88. The molecule has 0 fully saturated rings. The molecule has 0 bridgehead atoms. The zero-order valence-electron chi connectivity index (χ0n) is 14.0. The number of hydrogen-bond acceptors (Lipinski definition) is 3. The Labute approximate surface area is 143 Å². The lowest BCUT2D eigenvalue weighted by Gasteiger charge is -2.25. The molecule has 0 aromatic heterocycles. The van der Waals surface area contributed by atoms with E-state index in [4.69, 9.17) is 0 Å². The first-order valence-corrected chi connectivity index (χ1v) is 9.59. The van der Waals surface area contributed by atoms with E-state index in [2.05, 4.69) is 9.62 Å². The fraction of sp³-hybridized carbons (Fsp3) is 0.333. The lowest BCUT2D eigenvalue weighted by atomic mass is 10.2. The second kappa shape index (κ2) is 8.26. The quantitative estimate of drug-likeness (QED) is 0.796. The van der Waals surface area contributed by atoms with Gasteiger partial charge < -0.3 is 4.90 Å². The molecular formula is C18H23FN2O2S. The van der Waals surface area contributed by atoms with Crippen molar-refractivity contribution < 1.29 is 12.8 Å². The van der Waals surface area contributed by atoms with Crippen molar-refractivity contribution in [1.82, 2.24) is 4.72 Å². The maximum Gasteiger partial charge on any atom is 0.215 e. The van der Waals surface area contributed by atoms with Gasteiger partial charge in [0.25, 0.3) is 0 Å². The number of likely N-dealkylation sites (N-methyl/N-ethyl adjacent to an activating group) is 1. The van der Waals surface area contributed by atoms with Crippen molar-refractivity contribution in [2.75, 3.05) is 24.5 Å². The van der Waals surface area contributed by atoms with Crippen LogP contribution in [0.5, 0.6) is 0 Å². The topological polar surface area (TPSA) is 49.4 Å². The van der Waals surface area contributed by atoms with Crippen molar-refractivity contribution in [1.29, 1.82) is 0 Å². The van der Waals surface area contributed by atoms with Crippen LogP contribution in [0.1, 0.15) is 18.1 Å². The Morgan fingerprint density at radius 2 is 1.88 bits per heavy atom. The summed E-state index contributed by atoms with van der Waals surface area (Å²) in [4.78, 5) is 2.13. The normalized spacial score (nSPS) is 11.5. The molecule has 0 radical (unpaired) electrons. The molecule has 2 aromatic rings. The van der Waals surface area contributed by atoms with Gasteiger partial charge in [-0.05, 0) is 43.2 Å². The SMILES string of the molecule is CCN(CCNS(=O)(=O)Cc1cccc(F)c1)c1ccccc1C. The van der Waals surface area contributed by atoms with Crippen LogP contribution >= 0.6 is 0 Å². The van der Waals surface area contributed by atoms with E-state index in [9.17, 15) is 12.8 Å². The number of sulfonamides is 1. The predicted molar refractivity (Wildman–Crippen MR) is 96.1 cm³/mol. The Balaban J connectivity index is 1.93. The monoisotopic (exact) mass is 350 g/mol. The summed E-state index contributed by atoms with van der Waals surface area (Å²) in [6, 6.07) is 13.7. The van der Waals surface area contributed by atoms with Crippen LogP contribution in [0.2, 0.25) is 0 Å². The first-order valence-electron chi connectivity index (χ1n) is 7.93. The van der Waals surface area contributed by atoms with E-state index in [1.807, 2.05) is 38.1 Å². The van der Waals surface area contributed by atoms with Gasteiger partial charge in [0, 0.05) is 25.3 Å². The Kier molecular flexibility index (Phi) is 6.34. The summed E-state index contributed by atoms with van der Waals surface area (Å²) < 4.78 is 40.0. The third-order valence-corrected chi connectivity index (χ3v) is 5.14. The molecule has 0 atom stereocenters. The van der Waals surface area contributed by atoms with Crippen LogP contribution in [0.15, 0.2) is 48.5 Å². The fourth-order valence-corrected chi connectivity index (χ4v) is 3.72. The van der Waals surface area contributed by atoms with Gasteiger partial charge in [0.05, 0.1) is 5.75 Å². The number of anilines is 1. The molecule has 0 saturated heterocycles. The zero-order valence-corrected chi connectivity index (χ0v) is 14.8. The van der Waals surface area contributed by atoms with E-state index in [0.717, 1.165) is 17.8 Å². The second-order valence-electron chi connectivity index (χ2n) is 5.65. The standard InChI is InChI=1S/C18H23FN2O2S/c1-3-21(18-10-5-4-7-15(18)2)12-11-20-24(22,23)14-16-8-6-9-17(19)13-16/h4-10,13,20H,3,11-12,14H2,1-2H3. The number of nitrogens with one attached hydrogen (secondary N) is 1. The maximum atomic E-state index is 13.1. The van der Waals surface area contributed by atoms with E-state index in [1.54, 1.807) is 6.07 Å². The van der Waals surface area contributed by atoms with E-state index < -0.39 is 15.8 Å². The summed E-state index contributed by atoms with van der Waals surface area (Å²) in [5.41, 5.74) is 2.69. The molecule has 0 aliphatic carbocycles. The maximum absolute atomic E-state index is 13.1. The molecule has 2 aromatic carbocycles. The average molecular weight is 350 g/mol. The molecule has 130 valence electrons. The Bertz CT molecular complexity index is 778. The third kappa shape index (κ3) is 5.32. The summed E-state index contributed by atoms with van der Waals surface area (Å²) in [6.45, 7) is 5.74. The molecule has 4 nitrogen and oxygen atoms in total. The van der Waals surface area contributed by atoms with Crippen LogP contribution in [0.3, 0.4) is 0 Å². The molecule has 2 rings (SSSR count). The highest BCUT2D eigenvalue weighted by Gasteiger charge is 2.13. The third-order valence-electron chi connectivity index (χ3n) is 3.79. The van der Waals surface area contributed by atoms with Crippen LogP contribution in [-0.4, -0.2) is 28.1 Å². The molecule has 0 saturated carbocycles. The number of nitrogens with zero attached hydrogens (tertiary/aromatic N) is 1. The van der Waals surface area contributed by atoms with Gasteiger partial charge >= 0.3 is 0 Å². The zero-order chi connectivity index (χ0) is 17.6. The first-order chi connectivity index (χ1) is 11.4. The van der Waals surface area contributed by atoms with Gasteiger partial charge in [0.15, 0.2) is 0 Å². The fourth-order valence-electron chi connectivity index (χ4n) is 2.60. The van der Waals surface area contributed by atoms with Crippen LogP contribution < -0.4 is 9.62 Å². The largest absolute Gasteiger partial charge is 0.370 e. The van der Waals surface area contributed by atoms with Crippen molar-refractivity contribution >= 4 is 15.7 Å². The van der Waals surface area contributed by atoms with Gasteiger partial charge in [-0.25, -0.2) is 17.5 Å². The summed E-state index contributed by atoms with van der Waals surface area (Å²) in [5, 5.41) is 0. The number of rotatable bonds is 8. The first kappa shape index (κ1) is 18.4. The predicted octanol–water partition coefficient (Wildman–Crippen LogP) is 3.08. The number of halogens is 1. The van der Waals surface area contributed by atoms with Gasteiger partial charge in [-0.3, -0.25) is 0 Å². The molecule has 24 heavy (non-hydrogen) atoms. The smallest absolute Gasteiger partial charge is 0.215 e. The van der Waals surface area contributed by atoms with E-state index in [1.165, 1.54) is 18.2 Å². The number of benzene rings is 2. The lowest BCUT2D eigenvalue weighted by molar-refractivity contribution is 0.579. The number of hydrogen-bond donors (Lipinski definition) is 1. The van der Waals surface area contributed by atoms with Crippen LogP contribution in [0.25, 0.3) is 0 Å². The van der Waals surface area contributed by atoms with Crippen LogP contribution in [-0.2, 0) is 15.8 Å². The molecule has 0 heterocycles. The van der Waals surface area contributed by atoms with Crippen molar-refractivity contribution in [3.8, 4) is 0 Å². The van der Waals surface area contributed by atoms with Crippen molar-refractivity contribution in [2.45, 2.75) is 19.6 Å². The van der Waals surface area contributed by atoms with Gasteiger partial charge in [-0.15, -0.1) is 0 Å². The van der Waals surface area contributed by atoms with Gasteiger partial charge in [-0.2, -0.15) is 0 Å². The molecule has 0 amide bonds. The summed E-state index contributed by atoms with van der Waals surface area (Å²) in [7, 11) is -3.49. The van der Waals surface area contributed by atoms with Crippen LogP contribution in [0, 0.1) is 12.7 Å². The van der Waals surface area contributed by atoms with Crippen molar-refractivity contribution in [3.63, 3.8) is 0 Å². The molecule has 1 N–H and O–H groups in total. The Morgan fingerprint density at radius 3 is 2.54 bits per heavy atom. The molecular weight excluding hydrogens is 327 g/mol. The van der Waals surface area contributed by atoms with Gasteiger partial charge in [0.2, 0.25) is 10.0 Å². The highest BCUT2D eigenvalue weighted by Crippen LogP contribution is 2.18.